The first-order valence-electron chi connectivity index (χ1n) is 9.88. The predicted molar refractivity (Wildman–Crippen MR) is 106 cm³/mol. The summed E-state index contributed by atoms with van der Waals surface area (Å²) in [4.78, 5) is 16.4. The minimum absolute atomic E-state index is 0.321. The molecule has 1 aromatic rings. The standard InChI is InChI=1S/C16H35O3P.C3H4N2/c1-5-9-11-15(7-3)13-19-20(17,18)14-16(8-4)12-10-6-2;1-2-5-3-4-1/h15-16H,5-14H2,1-4H3,(H,17,18);1-3H,(H,4,5). The number of nitrogens with zero attached hydrogens (tertiary/aromatic N) is 1. The number of hydrogen-bond acceptors (Lipinski definition) is 3. The van der Waals surface area contributed by atoms with Crippen molar-refractivity contribution >= 4 is 7.60 Å². The van der Waals surface area contributed by atoms with Crippen LogP contribution in [0.1, 0.15) is 79.1 Å². The second-order valence-corrected chi connectivity index (χ2v) is 8.61. The molecule has 0 radical (unpaired) electrons. The van der Waals surface area contributed by atoms with E-state index in [1.54, 1.807) is 18.7 Å². The smallest absolute Gasteiger partial charge is 0.328 e. The molecule has 148 valence electrons. The largest absolute Gasteiger partial charge is 0.351 e. The molecule has 6 heteroatoms. The average Bonchev–Trinajstić information content (AvgIpc) is 3.18. The molecule has 0 aromatic carbocycles. The van der Waals surface area contributed by atoms with Crippen molar-refractivity contribution in [2.24, 2.45) is 11.8 Å². The van der Waals surface area contributed by atoms with Crippen LogP contribution in [-0.4, -0.2) is 27.6 Å². The first kappa shape index (κ1) is 24.4. The molecule has 0 amide bonds. The van der Waals surface area contributed by atoms with Gasteiger partial charge < -0.3 is 14.4 Å². The minimum Gasteiger partial charge on any atom is -0.351 e. The fourth-order valence-electron chi connectivity index (χ4n) is 2.63. The lowest BCUT2D eigenvalue weighted by atomic mass is 10.0. The number of imidazole rings is 1. The van der Waals surface area contributed by atoms with Crippen LogP contribution in [0, 0.1) is 11.8 Å². The topological polar surface area (TPSA) is 75.2 Å². The maximum Gasteiger partial charge on any atom is 0.328 e. The quantitative estimate of drug-likeness (QED) is 0.413. The summed E-state index contributed by atoms with van der Waals surface area (Å²) < 4.78 is 17.6. The summed E-state index contributed by atoms with van der Waals surface area (Å²) in [7, 11) is -3.40. The van der Waals surface area contributed by atoms with E-state index >= 15 is 0 Å². The van der Waals surface area contributed by atoms with Gasteiger partial charge in [0, 0.05) is 12.4 Å². The van der Waals surface area contributed by atoms with Gasteiger partial charge in [-0.2, -0.15) is 0 Å². The normalized spacial score (nSPS) is 15.7. The van der Waals surface area contributed by atoms with E-state index in [0.717, 1.165) is 38.5 Å². The Hall–Kier alpha value is -0.640. The summed E-state index contributed by atoms with van der Waals surface area (Å²) in [6.45, 7) is 8.98. The number of rotatable bonds is 13. The highest BCUT2D eigenvalue weighted by atomic mass is 31.2. The van der Waals surface area contributed by atoms with Crippen LogP contribution in [0.2, 0.25) is 0 Å². The van der Waals surface area contributed by atoms with Gasteiger partial charge in [-0.3, -0.25) is 4.57 Å². The number of aromatic amines is 1. The molecule has 0 fully saturated rings. The summed E-state index contributed by atoms with van der Waals surface area (Å²) >= 11 is 0. The summed E-state index contributed by atoms with van der Waals surface area (Å²) in [5.41, 5.74) is 0. The highest BCUT2D eigenvalue weighted by Crippen LogP contribution is 2.46. The maximum absolute atomic E-state index is 12.2. The van der Waals surface area contributed by atoms with Crippen LogP contribution in [0.5, 0.6) is 0 Å². The van der Waals surface area contributed by atoms with Crippen LogP contribution in [-0.2, 0) is 9.09 Å². The lowest BCUT2D eigenvalue weighted by Crippen LogP contribution is -2.12. The Kier molecular flexibility index (Phi) is 15.2. The minimum atomic E-state index is -3.40. The third-order valence-corrected chi connectivity index (χ3v) is 6.02. The van der Waals surface area contributed by atoms with Gasteiger partial charge in [0.2, 0.25) is 0 Å². The van der Waals surface area contributed by atoms with Gasteiger partial charge in [0.05, 0.1) is 19.1 Å². The van der Waals surface area contributed by atoms with Gasteiger partial charge in [-0.15, -0.1) is 0 Å². The zero-order valence-electron chi connectivity index (χ0n) is 16.6. The van der Waals surface area contributed by atoms with E-state index in [-0.39, 0.29) is 0 Å². The Morgan fingerprint density at radius 1 is 1.08 bits per heavy atom. The second kappa shape index (κ2) is 15.6. The highest BCUT2D eigenvalue weighted by Gasteiger charge is 2.25. The van der Waals surface area contributed by atoms with Crippen LogP contribution >= 0.6 is 7.60 Å². The van der Waals surface area contributed by atoms with Crippen LogP contribution in [0.15, 0.2) is 18.7 Å². The molecule has 1 aromatic heterocycles. The van der Waals surface area contributed by atoms with Crippen molar-refractivity contribution in [1.82, 2.24) is 9.97 Å². The Morgan fingerprint density at radius 2 is 1.68 bits per heavy atom. The number of nitrogens with one attached hydrogen (secondary N) is 1. The van der Waals surface area contributed by atoms with Gasteiger partial charge in [0.1, 0.15) is 0 Å². The predicted octanol–water partition coefficient (Wildman–Crippen LogP) is 6.03. The van der Waals surface area contributed by atoms with E-state index < -0.39 is 7.60 Å². The first-order valence-corrected chi connectivity index (χ1v) is 11.6. The Morgan fingerprint density at radius 3 is 2.08 bits per heavy atom. The first-order chi connectivity index (χ1) is 12.0. The number of aromatic nitrogens is 2. The molecule has 1 rings (SSSR count). The zero-order valence-corrected chi connectivity index (χ0v) is 17.5. The van der Waals surface area contributed by atoms with Crippen LogP contribution in [0.3, 0.4) is 0 Å². The van der Waals surface area contributed by atoms with E-state index in [0.29, 0.717) is 24.6 Å². The fourth-order valence-corrected chi connectivity index (χ4v) is 4.27. The molecule has 0 saturated heterocycles. The molecule has 3 unspecified atom stereocenters. The maximum atomic E-state index is 12.2. The van der Waals surface area contributed by atoms with E-state index in [2.05, 4.69) is 37.7 Å². The number of H-pyrrole nitrogens is 1. The fraction of sp³-hybridized carbons (Fsp3) is 0.842. The average molecular weight is 375 g/mol. The Balaban J connectivity index is 0.000000972. The number of hydrogen-bond donors (Lipinski definition) is 2. The van der Waals surface area contributed by atoms with Crippen LogP contribution in [0.4, 0.5) is 0 Å². The second-order valence-electron chi connectivity index (χ2n) is 6.71. The van der Waals surface area contributed by atoms with Gasteiger partial charge >= 0.3 is 7.60 Å². The lowest BCUT2D eigenvalue weighted by Gasteiger charge is -2.21. The van der Waals surface area contributed by atoms with E-state index in [1.165, 1.54) is 12.8 Å². The summed E-state index contributed by atoms with van der Waals surface area (Å²) in [5.74, 6) is 0.743. The monoisotopic (exact) mass is 374 g/mol. The number of unbranched alkanes of at least 4 members (excludes halogenated alkanes) is 2. The summed E-state index contributed by atoms with van der Waals surface area (Å²) in [6.07, 6.45) is 14.1. The van der Waals surface area contributed by atoms with E-state index in [1.807, 2.05) is 0 Å². The molecule has 0 saturated carbocycles. The van der Waals surface area contributed by atoms with Gasteiger partial charge in [-0.25, -0.2) is 4.98 Å². The summed E-state index contributed by atoms with van der Waals surface area (Å²) in [6, 6.07) is 0. The molecule has 0 aliphatic carbocycles. The molecule has 2 N–H and O–H groups in total. The molecular formula is C19H39N2O3P. The molecule has 3 atom stereocenters. The van der Waals surface area contributed by atoms with Gasteiger partial charge in [0.25, 0.3) is 0 Å². The SMILES string of the molecule is CCCCC(CC)COP(=O)(O)CC(CC)CCCC.c1c[nH]cn1. The summed E-state index contributed by atoms with van der Waals surface area (Å²) in [5, 5.41) is 0. The zero-order chi connectivity index (χ0) is 19.0. The van der Waals surface area contributed by atoms with E-state index in [4.69, 9.17) is 4.52 Å². The third-order valence-electron chi connectivity index (χ3n) is 4.49. The Bertz CT molecular complexity index is 409. The molecule has 0 bridgehead atoms. The van der Waals surface area contributed by atoms with Crippen molar-refractivity contribution in [2.45, 2.75) is 79.1 Å². The molecule has 0 aliphatic heterocycles. The van der Waals surface area contributed by atoms with Crippen molar-refractivity contribution in [2.75, 3.05) is 12.8 Å². The van der Waals surface area contributed by atoms with Gasteiger partial charge in [0.15, 0.2) is 0 Å². The Labute approximate surface area is 154 Å². The van der Waals surface area contributed by atoms with Crippen molar-refractivity contribution in [3.8, 4) is 0 Å². The van der Waals surface area contributed by atoms with Gasteiger partial charge in [-0.05, 0) is 24.7 Å². The molecule has 0 aliphatic rings. The van der Waals surface area contributed by atoms with E-state index in [9.17, 15) is 9.46 Å². The molecular weight excluding hydrogens is 335 g/mol. The van der Waals surface area contributed by atoms with Crippen LogP contribution < -0.4 is 0 Å². The molecule has 25 heavy (non-hydrogen) atoms. The van der Waals surface area contributed by atoms with Crippen molar-refractivity contribution in [1.29, 1.82) is 0 Å². The van der Waals surface area contributed by atoms with Crippen molar-refractivity contribution < 1.29 is 14.0 Å². The third kappa shape index (κ3) is 14.2. The molecule has 5 nitrogen and oxygen atoms in total. The van der Waals surface area contributed by atoms with Crippen molar-refractivity contribution in [3.05, 3.63) is 18.7 Å². The molecule has 1 heterocycles. The van der Waals surface area contributed by atoms with Gasteiger partial charge in [-0.1, -0.05) is 66.2 Å². The lowest BCUT2D eigenvalue weighted by molar-refractivity contribution is 0.200. The van der Waals surface area contributed by atoms with Crippen LogP contribution in [0.25, 0.3) is 0 Å². The van der Waals surface area contributed by atoms with Crippen molar-refractivity contribution in [3.63, 3.8) is 0 Å². The highest BCUT2D eigenvalue weighted by molar-refractivity contribution is 7.52. The molecule has 0 spiro atoms.